The molecule has 0 bridgehead atoms. The van der Waals surface area contributed by atoms with Crippen molar-refractivity contribution in [3.8, 4) is 17.1 Å². The highest BCUT2D eigenvalue weighted by Crippen LogP contribution is 2.34. The highest BCUT2D eigenvalue weighted by atomic mass is 35.5. The summed E-state index contributed by atoms with van der Waals surface area (Å²) in [5, 5.41) is 17.3. The zero-order valence-electron chi connectivity index (χ0n) is 28.6. The molecule has 0 atom stereocenters. The molecule has 18 heteroatoms. The fourth-order valence-electron chi connectivity index (χ4n) is 6.59. The maximum atomic E-state index is 14.3. The number of anilines is 2. The van der Waals surface area contributed by atoms with Crippen LogP contribution in [0, 0.1) is 6.92 Å². The lowest BCUT2D eigenvalue weighted by molar-refractivity contribution is -0.137. The van der Waals surface area contributed by atoms with Gasteiger partial charge in [0.2, 0.25) is 11.7 Å². The molecule has 0 saturated carbocycles. The largest absolute Gasteiger partial charge is 0.504 e. The van der Waals surface area contributed by atoms with Crippen molar-refractivity contribution in [2.75, 3.05) is 43.0 Å². The molecule has 0 aliphatic carbocycles. The lowest BCUT2D eigenvalue weighted by Gasteiger charge is -2.36. The van der Waals surface area contributed by atoms with E-state index in [1.54, 1.807) is 11.5 Å². The topological polar surface area (TPSA) is 160 Å². The van der Waals surface area contributed by atoms with E-state index in [1.165, 1.54) is 11.2 Å². The van der Waals surface area contributed by atoms with Crippen molar-refractivity contribution < 1.29 is 32.6 Å². The number of rotatable bonds is 7. The summed E-state index contributed by atoms with van der Waals surface area (Å²) in [4.78, 5) is 57.2. The number of ether oxygens (including phenoxy) is 1. The van der Waals surface area contributed by atoms with Gasteiger partial charge in [-0.05, 0) is 55.2 Å². The quantitative estimate of drug-likeness (QED) is 0.246. The summed E-state index contributed by atoms with van der Waals surface area (Å²) in [7, 11) is 0. The van der Waals surface area contributed by atoms with E-state index in [2.05, 4.69) is 20.4 Å². The second-order valence-electron chi connectivity index (χ2n) is 12.6. The summed E-state index contributed by atoms with van der Waals surface area (Å²) in [6, 6.07) is 8.35. The van der Waals surface area contributed by atoms with E-state index >= 15 is 0 Å². The molecule has 1 fully saturated rings. The summed E-state index contributed by atoms with van der Waals surface area (Å²) in [6.07, 6.45) is -2.43. The first-order valence-electron chi connectivity index (χ1n) is 16.8. The van der Waals surface area contributed by atoms with Crippen LogP contribution in [0.4, 0.5) is 24.5 Å². The smallest absolute Gasteiger partial charge is 0.416 e. The molecule has 2 aromatic carbocycles. The number of nitrogens with one attached hydrogen (secondary N) is 1. The molecule has 7 rings (SSSR count). The normalized spacial score (nSPS) is 14.8. The minimum absolute atomic E-state index is 0.0223. The lowest BCUT2D eigenvalue weighted by atomic mass is 10.0. The van der Waals surface area contributed by atoms with Gasteiger partial charge in [0.05, 0.1) is 40.9 Å². The number of alkyl halides is 3. The van der Waals surface area contributed by atoms with Gasteiger partial charge in [-0.3, -0.25) is 14.4 Å². The van der Waals surface area contributed by atoms with Crippen molar-refractivity contribution >= 4 is 40.6 Å². The first-order valence-corrected chi connectivity index (χ1v) is 17.2. The van der Waals surface area contributed by atoms with Crippen molar-refractivity contribution in [1.82, 2.24) is 34.0 Å². The number of amides is 2. The molecule has 5 heterocycles. The third kappa shape index (κ3) is 6.89. The minimum Gasteiger partial charge on any atom is -0.504 e. The fourth-order valence-corrected chi connectivity index (χ4v) is 6.81. The van der Waals surface area contributed by atoms with E-state index in [9.17, 15) is 32.7 Å². The van der Waals surface area contributed by atoms with E-state index in [-0.39, 0.29) is 84.3 Å². The van der Waals surface area contributed by atoms with Gasteiger partial charge in [-0.15, -0.1) is 5.10 Å². The summed E-state index contributed by atoms with van der Waals surface area (Å²) in [6.45, 7) is 4.89. The number of aromatic nitrogens is 6. The van der Waals surface area contributed by atoms with E-state index in [1.807, 2.05) is 30.0 Å². The average molecular weight is 752 g/mol. The van der Waals surface area contributed by atoms with Crippen molar-refractivity contribution in [2.45, 2.75) is 46.0 Å². The summed E-state index contributed by atoms with van der Waals surface area (Å²) in [5.41, 5.74) is 2.18. The predicted octanol–water partition coefficient (Wildman–Crippen LogP) is 4.27. The minimum atomic E-state index is -4.62. The molecule has 2 aliphatic rings. The molecule has 0 radical (unpaired) electrons. The van der Waals surface area contributed by atoms with Crippen molar-refractivity contribution in [1.29, 1.82) is 0 Å². The third-order valence-corrected chi connectivity index (χ3v) is 9.67. The number of piperazine rings is 1. The van der Waals surface area contributed by atoms with E-state index in [0.717, 1.165) is 33.8 Å². The molecule has 0 spiro atoms. The second kappa shape index (κ2) is 14.1. The summed E-state index contributed by atoms with van der Waals surface area (Å²) >= 11 is 6.14. The average Bonchev–Trinajstić information content (AvgIpc) is 3.60. The Morgan fingerprint density at radius 2 is 1.83 bits per heavy atom. The Morgan fingerprint density at radius 1 is 1.06 bits per heavy atom. The summed E-state index contributed by atoms with van der Waals surface area (Å²) in [5.74, 6) is -1.07. The number of aromatic hydroxyl groups is 1. The van der Waals surface area contributed by atoms with Gasteiger partial charge in [-0.1, -0.05) is 30.7 Å². The van der Waals surface area contributed by atoms with Crippen LogP contribution in [0.2, 0.25) is 5.02 Å². The van der Waals surface area contributed by atoms with Crippen LogP contribution in [0.5, 0.6) is 5.75 Å². The van der Waals surface area contributed by atoms with Gasteiger partial charge in [0.25, 0.3) is 11.5 Å². The Hall–Kier alpha value is -5.55. The Kier molecular flexibility index (Phi) is 9.54. The zero-order chi connectivity index (χ0) is 37.6. The Labute approximate surface area is 304 Å². The van der Waals surface area contributed by atoms with Gasteiger partial charge in [0, 0.05) is 31.7 Å². The van der Waals surface area contributed by atoms with E-state index in [4.69, 9.17) is 21.3 Å². The van der Waals surface area contributed by atoms with E-state index in [0.29, 0.717) is 30.9 Å². The van der Waals surface area contributed by atoms with Crippen LogP contribution in [0.25, 0.3) is 17.2 Å². The van der Waals surface area contributed by atoms with Gasteiger partial charge in [-0.25, -0.2) is 9.97 Å². The van der Waals surface area contributed by atoms with Crippen LogP contribution in [0.15, 0.2) is 47.5 Å². The Morgan fingerprint density at radius 3 is 2.55 bits per heavy atom. The number of aryl methyl sites for hydroxylation is 1. The van der Waals surface area contributed by atoms with Crippen LogP contribution >= 0.6 is 11.6 Å². The van der Waals surface area contributed by atoms with Crippen molar-refractivity contribution in [2.24, 2.45) is 0 Å². The molecular weight excluding hydrogens is 719 g/mol. The van der Waals surface area contributed by atoms with Crippen LogP contribution in [0.1, 0.15) is 45.5 Å². The highest BCUT2D eigenvalue weighted by Gasteiger charge is 2.32. The number of halogens is 4. The SMILES string of the molecule is CCc1c(N2CCN(C(=O)c3ncnc(C)c3O)CC2)c(=O)n2nc(-c3ccc4c(c3)CCOC4)nc2n1CC(=O)Nc1ccc(C(F)(F)F)cc1Cl. The van der Waals surface area contributed by atoms with Crippen molar-refractivity contribution in [3.63, 3.8) is 0 Å². The van der Waals surface area contributed by atoms with Gasteiger partial charge >= 0.3 is 6.18 Å². The number of carbonyl (C=O) groups is 2. The van der Waals surface area contributed by atoms with Gasteiger partial charge in [0.1, 0.15) is 18.6 Å². The number of carbonyl (C=O) groups excluding carboxylic acids is 2. The molecule has 0 unspecified atom stereocenters. The number of hydrogen-bond acceptors (Lipinski definition) is 10. The molecular formula is C35H33ClF3N9O5. The lowest BCUT2D eigenvalue weighted by Crippen LogP contribution is -2.51. The second-order valence-corrected chi connectivity index (χ2v) is 13.1. The maximum absolute atomic E-state index is 14.3. The number of benzene rings is 2. The van der Waals surface area contributed by atoms with Crippen LogP contribution in [0.3, 0.4) is 0 Å². The van der Waals surface area contributed by atoms with E-state index < -0.39 is 29.1 Å². The van der Waals surface area contributed by atoms with Crippen LogP contribution in [-0.4, -0.2) is 83.7 Å². The molecule has 276 valence electrons. The number of hydrogen-bond donors (Lipinski definition) is 2. The zero-order valence-corrected chi connectivity index (χ0v) is 29.3. The predicted molar refractivity (Wildman–Crippen MR) is 187 cm³/mol. The molecule has 3 aromatic heterocycles. The molecule has 2 aliphatic heterocycles. The van der Waals surface area contributed by atoms with Gasteiger partial charge in [0.15, 0.2) is 17.3 Å². The third-order valence-electron chi connectivity index (χ3n) is 9.36. The van der Waals surface area contributed by atoms with Gasteiger partial charge in [-0.2, -0.15) is 22.7 Å². The molecule has 53 heavy (non-hydrogen) atoms. The first kappa shape index (κ1) is 35.8. The van der Waals surface area contributed by atoms with Crippen molar-refractivity contribution in [3.05, 3.63) is 91.9 Å². The molecule has 1 saturated heterocycles. The standard InChI is InChI=1S/C35H33ClF3N9O5/c1-3-26-29(45-9-11-46(12-10-45)32(51)28-30(50)19(2)40-18-41-28)33(52)48-34(43-31(44-48)21-4-5-22-17-53-13-8-20(22)14-21)47(26)16-27(49)42-25-7-6-23(15-24(25)36)35(37,38)39/h4-7,14-15,18,50H,3,8-13,16-17H2,1-2H3,(H,42,49). The Balaban J connectivity index is 1.26. The molecule has 14 nitrogen and oxygen atoms in total. The Bertz CT molecular complexity index is 2320. The first-order chi connectivity index (χ1) is 25.3. The maximum Gasteiger partial charge on any atom is 0.416 e. The number of fused-ring (bicyclic) bond motifs is 2. The summed E-state index contributed by atoms with van der Waals surface area (Å²) < 4.78 is 48.0. The fraction of sp³-hybridized carbons (Fsp3) is 0.343. The molecule has 5 aromatic rings. The molecule has 2 amide bonds. The highest BCUT2D eigenvalue weighted by molar-refractivity contribution is 6.33. The monoisotopic (exact) mass is 751 g/mol. The number of nitrogens with zero attached hydrogens (tertiary/aromatic N) is 8. The van der Waals surface area contributed by atoms with Crippen LogP contribution in [-0.2, 0) is 41.7 Å². The molecule has 2 N–H and O–H groups in total. The van der Waals surface area contributed by atoms with Gasteiger partial charge < -0.3 is 29.5 Å². The van der Waals surface area contributed by atoms with Crippen LogP contribution < -0.4 is 15.8 Å².